The maximum atomic E-state index is 13.0. The monoisotopic (exact) mass is 333 g/mol. The molecule has 0 bridgehead atoms. The van der Waals surface area contributed by atoms with E-state index in [0.29, 0.717) is 0 Å². The van der Waals surface area contributed by atoms with Crippen LogP contribution in [0.25, 0.3) is 0 Å². The second-order valence-corrected chi connectivity index (χ2v) is 5.12. The van der Waals surface area contributed by atoms with Gasteiger partial charge in [-0.25, -0.2) is 9.18 Å². The molecule has 0 fully saturated rings. The fourth-order valence-electron chi connectivity index (χ4n) is 1.28. The summed E-state index contributed by atoms with van der Waals surface area (Å²) in [6, 6.07) is 3.54. The summed E-state index contributed by atoms with van der Waals surface area (Å²) < 4.78 is 13.1. The molecule has 104 valence electrons. The van der Waals surface area contributed by atoms with Gasteiger partial charge in [-0.15, -0.1) is 0 Å². The van der Waals surface area contributed by atoms with E-state index < -0.39 is 29.3 Å². The third kappa shape index (κ3) is 3.30. The molecule has 2 unspecified atom stereocenters. The molecule has 1 aromatic rings. The summed E-state index contributed by atoms with van der Waals surface area (Å²) in [5.41, 5.74) is -1.74. The van der Waals surface area contributed by atoms with Gasteiger partial charge in [-0.3, -0.25) is 4.79 Å². The van der Waals surface area contributed by atoms with Crippen LogP contribution < -0.4 is 5.32 Å². The molecule has 5 nitrogen and oxygen atoms in total. The standard InChI is InChI=1S/C12H13BrFNO4/c1-6(16)12(2,11(18)19)15-10(17)7-3-4-9(14)8(13)5-7/h3-6,16H,1-2H3,(H,15,17)(H,18,19). The summed E-state index contributed by atoms with van der Waals surface area (Å²) in [6.07, 6.45) is -1.29. The van der Waals surface area contributed by atoms with Crippen LogP contribution in [0.15, 0.2) is 22.7 Å². The van der Waals surface area contributed by atoms with Crippen molar-refractivity contribution in [2.24, 2.45) is 0 Å². The van der Waals surface area contributed by atoms with Crippen LogP contribution in [0.4, 0.5) is 4.39 Å². The fourth-order valence-corrected chi connectivity index (χ4v) is 1.66. The number of halogens is 2. The van der Waals surface area contributed by atoms with Crippen molar-refractivity contribution in [1.29, 1.82) is 0 Å². The molecule has 0 radical (unpaired) electrons. The second-order valence-electron chi connectivity index (χ2n) is 4.27. The Morgan fingerprint density at radius 3 is 2.47 bits per heavy atom. The number of aliphatic hydroxyl groups excluding tert-OH is 1. The summed E-state index contributed by atoms with van der Waals surface area (Å²) in [5, 5.41) is 20.7. The molecule has 1 aromatic carbocycles. The first-order valence-corrected chi connectivity index (χ1v) is 6.17. The van der Waals surface area contributed by atoms with Crippen molar-refractivity contribution in [3.8, 4) is 0 Å². The first-order chi connectivity index (χ1) is 8.68. The summed E-state index contributed by atoms with van der Waals surface area (Å²) >= 11 is 2.93. The molecule has 0 saturated heterocycles. The van der Waals surface area contributed by atoms with Crippen molar-refractivity contribution in [3.05, 3.63) is 34.1 Å². The molecule has 0 saturated carbocycles. The van der Waals surface area contributed by atoms with Gasteiger partial charge in [0.1, 0.15) is 5.82 Å². The van der Waals surface area contributed by atoms with Gasteiger partial charge in [0, 0.05) is 5.56 Å². The van der Waals surface area contributed by atoms with Gasteiger partial charge in [0.25, 0.3) is 5.91 Å². The smallest absolute Gasteiger partial charge is 0.331 e. The normalized spacial score (nSPS) is 15.4. The van der Waals surface area contributed by atoms with Crippen molar-refractivity contribution in [2.75, 3.05) is 0 Å². The summed E-state index contributed by atoms with van der Waals surface area (Å²) in [4.78, 5) is 23.0. The highest BCUT2D eigenvalue weighted by molar-refractivity contribution is 9.10. The fraction of sp³-hybridized carbons (Fsp3) is 0.333. The van der Waals surface area contributed by atoms with E-state index in [1.54, 1.807) is 0 Å². The van der Waals surface area contributed by atoms with Gasteiger partial charge in [-0.1, -0.05) is 0 Å². The lowest BCUT2D eigenvalue weighted by atomic mass is 9.95. The predicted octanol–water partition coefficient (Wildman–Crippen LogP) is 1.54. The molecule has 0 spiro atoms. The quantitative estimate of drug-likeness (QED) is 0.780. The largest absolute Gasteiger partial charge is 0.479 e. The van der Waals surface area contributed by atoms with Crippen LogP contribution in [0.1, 0.15) is 24.2 Å². The third-order valence-electron chi connectivity index (χ3n) is 2.83. The van der Waals surface area contributed by atoms with Crippen LogP contribution >= 0.6 is 15.9 Å². The van der Waals surface area contributed by atoms with Crippen molar-refractivity contribution in [3.63, 3.8) is 0 Å². The minimum Gasteiger partial charge on any atom is -0.479 e. The molecule has 0 aliphatic heterocycles. The van der Waals surface area contributed by atoms with Crippen LogP contribution in [0.5, 0.6) is 0 Å². The van der Waals surface area contributed by atoms with Gasteiger partial charge in [0.15, 0.2) is 5.54 Å². The molecule has 1 amide bonds. The van der Waals surface area contributed by atoms with Gasteiger partial charge >= 0.3 is 5.97 Å². The van der Waals surface area contributed by atoms with Crippen molar-refractivity contribution in [2.45, 2.75) is 25.5 Å². The van der Waals surface area contributed by atoms with E-state index in [0.717, 1.165) is 6.07 Å². The van der Waals surface area contributed by atoms with E-state index in [-0.39, 0.29) is 10.0 Å². The predicted molar refractivity (Wildman–Crippen MR) is 69.3 cm³/mol. The molecule has 3 N–H and O–H groups in total. The van der Waals surface area contributed by atoms with E-state index >= 15 is 0 Å². The van der Waals surface area contributed by atoms with Crippen LogP contribution in [-0.2, 0) is 4.79 Å². The number of carbonyl (C=O) groups excluding carboxylic acids is 1. The maximum Gasteiger partial charge on any atom is 0.331 e. The highest BCUT2D eigenvalue weighted by atomic mass is 79.9. The summed E-state index contributed by atoms with van der Waals surface area (Å²) in [7, 11) is 0. The number of hydrogen-bond acceptors (Lipinski definition) is 3. The molecule has 2 atom stereocenters. The van der Waals surface area contributed by atoms with Crippen molar-refractivity contribution < 1.29 is 24.2 Å². The van der Waals surface area contributed by atoms with E-state index in [1.165, 1.54) is 26.0 Å². The van der Waals surface area contributed by atoms with Gasteiger partial charge in [0.05, 0.1) is 10.6 Å². The number of aliphatic carboxylic acids is 1. The molecule has 0 aliphatic carbocycles. The maximum absolute atomic E-state index is 13.0. The number of amides is 1. The first kappa shape index (κ1) is 15.6. The molecule has 19 heavy (non-hydrogen) atoms. The Bertz CT molecular complexity index is 520. The Hall–Kier alpha value is -1.47. The van der Waals surface area contributed by atoms with E-state index in [1.807, 2.05) is 0 Å². The van der Waals surface area contributed by atoms with Crippen LogP contribution in [0, 0.1) is 5.82 Å². The van der Waals surface area contributed by atoms with Crippen LogP contribution in [0.2, 0.25) is 0 Å². The molecule has 0 heterocycles. The van der Waals surface area contributed by atoms with Crippen LogP contribution in [-0.4, -0.2) is 33.7 Å². The lowest BCUT2D eigenvalue weighted by Crippen LogP contribution is -2.59. The minimum absolute atomic E-state index is 0.0846. The number of benzene rings is 1. The molecule has 0 aliphatic rings. The molecular formula is C12H13BrFNO4. The zero-order chi connectivity index (χ0) is 14.8. The Balaban J connectivity index is 3.01. The number of carbonyl (C=O) groups is 2. The number of aliphatic hydroxyl groups is 1. The molecule has 0 aromatic heterocycles. The number of carboxylic acid groups (broad SMARTS) is 1. The highest BCUT2D eigenvalue weighted by Gasteiger charge is 2.40. The number of hydrogen-bond donors (Lipinski definition) is 3. The average Bonchev–Trinajstić information content (AvgIpc) is 2.31. The lowest BCUT2D eigenvalue weighted by Gasteiger charge is -2.29. The number of rotatable bonds is 4. The molecular weight excluding hydrogens is 321 g/mol. The molecule has 7 heteroatoms. The number of nitrogens with one attached hydrogen (secondary N) is 1. The van der Waals surface area contributed by atoms with E-state index in [4.69, 9.17) is 5.11 Å². The highest BCUT2D eigenvalue weighted by Crippen LogP contribution is 2.18. The van der Waals surface area contributed by atoms with Crippen molar-refractivity contribution >= 4 is 27.8 Å². The Kier molecular flexibility index (Phi) is 4.65. The third-order valence-corrected chi connectivity index (χ3v) is 3.44. The van der Waals surface area contributed by atoms with Gasteiger partial charge in [0.2, 0.25) is 0 Å². The lowest BCUT2D eigenvalue weighted by molar-refractivity contribution is -0.148. The van der Waals surface area contributed by atoms with E-state index in [9.17, 15) is 19.1 Å². The van der Waals surface area contributed by atoms with Gasteiger partial charge in [-0.05, 0) is 48.0 Å². The van der Waals surface area contributed by atoms with Gasteiger partial charge < -0.3 is 15.5 Å². The molecule has 1 rings (SSSR count). The summed E-state index contributed by atoms with van der Waals surface area (Å²) in [5.74, 6) is -2.61. The summed E-state index contributed by atoms with van der Waals surface area (Å²) in [6.45, 7) is 2.45. The minimum atomic E-state index is -1.82. The first-order valence-electron chi connectivity index (χ1n) is 5.37. The zero-order valence-electron chi connectivity index (χ0n) is 10.3. The zero-order valence-corrected chi connectivity index (χ0v) is 11.9. The van der Waals surface area contributed by atoms with Crippen LogP contribution in [0.3, 0.4) is 0 Å². The van der Waals surface area contributed by atoms with Crippen molar-refractivity contribution in [1.82, 2.24) is 5.32 Å². The Labute approximate surface area is 117 Å². The Morgan fingerprint density at radius 2 is 2.05 bits per heavy atom. The van der Waals surface area contributed by atoms with Gasteiger partial charge in [-0.2, -0.15) is 0 Å². The Morgan fingerprint density at radius 1 is 1.47 bits per heavy atom. The topological polar surface area (TPSA) is 86.6 Å². The second kappa shape index (κ2) is 5.66. The van der Waals surface area contributed by atoms with E-state index in [2.05, 4.69) is 21.2 Å². The number of carboxylic acids is 1. The average molecular weight is 334 g/mol. The SMILES string of the molecule is CC(O)C(C)(NC(=O)c1ccc(F)c(Br)c1)C(=O)O.